The fourth-order valence-electron chi connectivity index (χ4n) is 3.01. The third-order valence-corrected chi connectivity index (χ3v) is 6.60. The van der Waals surface area contributed by atoms with Gasteiger partial charge in [-0.05, 0) is 23.8 Å². The average Bonchev–Trinajstić information content (AvgIpc) is 3.19. The second kappa shape index (κ2) is 8.73. The van der Waals surface area contributed by atoms with Gasteiger partial charge in [-0.3, -0.25) is 0 Å². The van der Waals surface area contributed by atoms with Crippen molar-refractivity contribution < 1.29 is 9.47 Å². The van der Waals surface area contributed by atoms with Gasteiger partial charge in [0.15, 0.2) is 6.29 Å². The van der Waals surface area contributed by atoms with Crippen molar-refractivity contribution in [2.45, 2.75) is 6.29 Å². The van der Waals surface area contributed by atoms with E-state index in [4.69, 9.17) is 9.47 Å². The second-order valence-electron chi connectivity index (χ2n) is 5.64. The first-order valence-electron chi connectivity index (χ1n) is 8.16. The summed E-state index contributed by atoms with van der Waals surface area (Å²) in [7, 11) is -0.643. The number of benzene rings is 3. The van der Waals surface area contributed by atoms with Crippen LogP contribution in [-0.2, 0) is 9.47 Å². The molecular weight excluding hydrogens is 395 g/mol. The normalized spacial score (nSPS) is 14.4. The predicted molar refractivity (Wildman–Crippen MR) is 110 cm³/mol. The largest absolute Gasteiger partial charge is 0.346 e. The van der Waals surface area contributed by atoms with Crippen molar-refractivity contribution >= 4 is 40.8 Å². The van der Waals surface area contributed by atoms with E-state index in [0.29, 0.717) is 13.2 Å². The Morgan fingerprint density at radius 2 is 1.12 bits per heavy atom. The van der Waals surface area contributed by atoms with Crippen LogP contribution in [0.15, 0.2) is 84.9 Å². The molecule has 128 valence electrons. The minimum atomic E-state index is -0.643. The average molecular weight is 415 g/mol. The van der Waals surface area contributed by atoms with Crippen molar-refractivity contribution in [3.63, 3.8) is 0 Å². The lowest BCUT2D eigenvalue weighted by Crippen LogP contribution is -2.24. The molecule has 3 aromatic rings. The van der Waals surface area contributed by atoms with E-state index in [0.717, 1.165) is 5.56 Å². The van der Waals surface area contributed by atoms with E-state index in [1.165, 1.54) is 15.9 Å². The first kappa shape index (κ1) is 18.3. The maximum atomic E-state index is 5.79. The summed E-state index contributed by atoms with van der Waals surface area (Å²) in [5.74, 6) is 0. The molecule has 3 aromatic carbocycles. The zero-order valence-corrected chi connectivity index (χ0v) is 16.4. The van der Waals surface area contributed by atoms with Crippen LogP contribution in [0.2, 0.25) is 0 Å². The zero-order chi connectivity index (χ0) is 16.2. The summed E-state index contributed by atoms with van der Waals surface area (Å²) in [4.78, 5) is 0. The fraction of sp³-hybridized carbons (Fsp3) is 0.143. The lowest BCUT2D eigenvalue weighted by Gasteiger charge is -2.24. The minimum Gasteiger partial charge on any atom is -0.346 e. The summed E-state index contributed by atoms with van der Waals surface area (Å²) in [5.41, 5.74) is 1.15. The van der Waals surface area contributed by atoms with Crippen molar-refractivity contribution in [2.24, 2.45) is 0 Å². The Morgan fingerprint density at radius 3 is 1.68 bits per heavy atom. The van der Waals surface area contributed by atoms with E-state index in [1.54, 1.807) is 0 Å². The first-order chi connectivity index (χ1) is 11.9. The molecular formula is C21H20BrO2P. The molecule has 1 aliphatic heterocycles. The fourth-order valence-corrected chi connectivity index (χ4v) is 5.48. The Morgan fingerprint density at radius 1 is 0.640 bits per heavy atom. The molecule has 0 saturated carbocycles. The topological polar surface area (TPSA) is 18.5 Å². The molecule has 1 aliphatic rings. The highest BCUT2D eigenvalue weighted by molar-refractivity contribution is 8.93. The molecule has 2 nitrogen and oxygen atoms in total. The third kappa shape index (κ3) is 4.02. The molecule has 0 spiro atoms. The van der Waals surface area contributed by atoms with E-state index >= 15 is 0 Å². The molecule has 0 aliphatic carbocycles. The first-order valence-corrected chi connectivity index (χ1v) is 9.50. The van der Waals surface area contributed by atoms with Crippen LogP contribution in [0.25, 0.3) is 0 Å². The monoisotopic (exact) mass is 414 g/mol. The second-order valence-corrected chi connectivity index (χ2v) is 7.82. The smallest absolute Gasteiger partial charge is 0.184 e. The van der Waals surface area contributed by atoms with Crippen LogP contribution in [0.5, 0.6) is 0 Å². The van der Waals surface area contributed by atoms with Crippen molar-refractivity contribution in [1.82, 2.24) is 0 Å². The minimum absolute atomic E-state index is 0. The molecule has 1 saturated heterocycles. The van der Waals surface area contributed by atoms with Gasteiger partial charge >= 0.3 is 0 Å². The molecule has 25 heavy (non-hydrogen) atoms. The summed E-state index contributed by atoms with van der Waals surface area (Å²) < 4.78 is 11.6. The third-order valence-electron chi connectivity index (χ3n) is 4.08. The molecule has 0 aromatic heterocycles. The van der Waals surface area contributed by atoms with Gasteiger partial charge in [-0.25, -0.2) is 0 Å². The van der Waals surface area contributed by atoms with Crippen molar-refractivity contribution in [3.8, 4) is 0 Å². The molecule has 0 atom stereocenters. The maximum Gasteiger partial charge on any atom is 0.184 e. The van der Waals surface area contributed by atoms with Gasteiger partial charge in [0.2, 0.25) is 0 Å². The van der Waals surface area contributed by atoms with E-state index in [-0.39, 0.29) is 23.3 Å². The Hall–Kier alpha value is -1.51. The van der Waals surface area contributed by atoms with Gasteiger partial charge in [0.25, 0.3) is 0 Å². The summed E-state index contributed by atoms with van der Waals surface area (Å²) in [5, 5.41) is 3.98. The Bertz CT molecular complexity index is 750. The molecule has 4 heteroatoms. The number of rotatable bonds is 4. The van der Waals surface area contributed by atoms with Gasteiger partial charge in [0.05, 0.1) is 13.2 Å². The number of halogens is 1. The van der Waals surface area contributed by atoms with Crippen molar-refractivity contribution in [2.75, 3.05) is 13.2 Å². The highest BCUT2D eigenvalue weighted by Crippen LogP contribution is 2.36. The van der Waals surface area contributed by atoms with Gasteiger partial charge in [0, 0.05) is 5.56 Å². The molecule has 4 rings (SSSR count). The quantitative estimate of drug-likeness (QED) is 0.599. The summed E-state index contributed by atoms with van der Waals surface area (Å²) in [6.07, 6.45) is -0.251. The van der Waals surface area contributed by atoms with Gasteiger partial charge < -0.3 is 9.47 Å². The Labute approximate surface area is 160 Å². The predicted octanol–water partition coefficient (Wildman–Crippen LogP) is 4.07. The van der Waals surface area contributed by atoms with Crippen molar-refractivity contribution in [1.29, 1.82) is 0 Å². The van der Waals surface area contributed by atoms with Gasteiger partial charge in [-0.1, -0.05) is 84.9 Å². The highest BCUT2D eigenvalue weighted by Gasteiger charge is 2.26. The lowest BCUT2D eigenvalue weighted by molar-refractivity contribution is -0.0433. The van der Waals surface area contributed by atoms with Crippen LogP contribution < -0.4 is 15.9 Å². The van der Waals surface area contributed by atoms with E-state index < -0.39 is 7.92 Å². The maximum absolute atomic E-state index is 5.79. The van der Waals surface area contributed by atoms with Gasteiger partial charge in [0.1, 0.15) is 0 Å². The van der Waals surface area contributed by atoms with Crippen LogP contribution >= 0.6 is 24.9 Å². The number of ether oxygens (including phenoxy) is 2. The molecule has 0 unspecified atom stereocenters. The molecule has 0 N–H and O–H groups in total. The van der Waals surface area contributed by atoms with Crippen LogP contribution in [0, 0.1) is 0 Å². The van der Waals surface area contributed by atoms with Crippen molar-refractivity contribution in [3.05, 3.63) is 90.5 Å². The Balaban J connectivity index is 0.00000182. The van der Waals surface area contributed by atoms with Gasteiger partial charge in [-0.2, -0.15) is 0 Å². The summed E-state index contributed by atoms with van der Waals surface area (Å²) >= 11 is 0. The molecule has 0 amide bonds. The van der Waals surface area contributed by atoms with Crippen LogP contribution in [-0.4, -0.2) is 13.2 Å². The van der Waals surface area contributed by atoms with Gasteiger partial charge in [-0.15, -0.1) is 17.0 Å². The summed E-state index contributed by atoms with van der Waals surface area (Å²) in [6, 6.07) is 29.9. The lowest BCUT2D eigenvalue weighted by atomic mass is 10.2. The van der Waals surface area contributed by atoms with E-state index in [9.17, 15) is 0 Å². The standard InChI is InChI=1S/C21H19O2P.BrH/c1-3-9-17(10-4-1)24(18-11-5-2-6-12-18)20-14-8-7-13-19(20)21-22-15-16-23-21;/h1-14,21H,15-16H2;1H. The number of hydrogen-bond acceptors (Lipinski definition) is 2. The SMILES string of the molecule is Br.c1ccc(P(c2ccccc2)c2ccccc2C2OCCO2)cc1. The Kier molecular flexibility index (Phi) is 6.39. The van der Waals surface area contributed by atoms with E-state index in [1.807, 2.05) is 0 Å². The van der Waals surface area contributed by atoms with Crippen LogP contribution in [0.3, 0.4) is 0 Å². The molecule has 0 radical (unpaired) electrons. The number of hydrogen-bond donors (Lipinski definition) is 0. The zero-order valence-electron chi connectivity index (χ0n) is 13.7. The van der Waals surface area contributed by atoms with Crippen LogP contribution in [0.4, 0.5) is 0 Å². The highest BCUT2D eigenvalue weighted by atomic mass is 79.9. The van der Waals surface area contributed by atoms with E-state index in [2.05, 4.69) is 84.9 Å². The molecule has 0 bridgehead atoms. The molecule has 1 heterocycles. The van der Waals surface area contributed by atoms with Crippen LogP contribution in [0.1, 0.15) is 11.9 Å². The summed E-state index contributed by atoms with van der Waals surface area (Å²) in [6.45, 7) is 1.32. The molecule has 1 fully saturated rings.